The second-order valence-electron chi connectivity index (χ2n) is 4.88. The Kier molecular flexibility index (Phi) is 4.80. The predicted octanol–water partition coefficient (Wildman–Crippen LogP) is 1.21. The Morgan fingerprint density at radius 1 is 1.62 bits per heavy atom. The smallest absolute Gasteiger partial charge is 0.286 e. The molecule has 16 heavy (non-hydrogen) atoms. The van der Waals surface area contributed by atoms with E-state index in [2.05, 4.69) is 5.32 Å². The molecule has 0 aliphatic carbocycles. The molecule has 0 atom stereocenters. The van der Waals surface area contributed by atoms with Crippen molar-refractivity contribution in [3.8, 4) is 0 Å². The van der Waals surface area contributed by atoms with Crippen LogP contribution >= 0.6 is 0 Å². The van der Waals surface area contributed by atoms with Gasteiger partial charge in [-0.2, -0.15) is 0 Å². The van der Waals surface area contributed by atoms with Crippen molar-refractivity contribution in [1.82, 2.24) is 5.32 Å². The normalized spacial score (nSPS) is 16.3. The SMILES string of the molecule is CC(C)(CCO)CNC(=O)C1=CCCCO1. The first-order valence-corrected chi connectivity index (χ1v) is 5.77. The van der Waals surface area contributed by atoms with E-state index >= 15 is 0 Å². The molecule has 0 spiro atoms. The van der Waals surface area contributed by atoms with Crippen molar-refractivity contribution in [2.45, 2.75) is 33.1 Å². The van der Waals surface area contributed by atoms with Gasteiger partial charge in [-0.1, -0.05) is 13.8 Å². The van der Waals surface area contributed by atoms with Crippen LogP contribution in [0.1, 0.15) is 33.1 Å². The van der Waals surface area contributed by atoms with Crippen molar-refractivity contribution < 1.29 is 14.6 Å². The Labute approximate surface area is 96.7 Å². The highest BCUT2D eigenvalue weighted by Crippen LogP contribution is 2.18. The molecule has 92 valence electrons. The van der Waals surface area contributed by atoms with E-state index in [1.807, 2.05) is 19.9 Å². The van der Waals surface area contributed by atoms with Crippen LogP contribution in [0, 0.1) is 5.41 Å². The van der Waals surface area contributed by atoms with Gasteiger partial charge in [-0.3, -0.25) is 4.79 Å². The fourth-order valence-corrected chi connectivity index (χ4v) is 1.51. The highest BCUT2D eigenvalue weighted by atomic mass is 16.5. The summed E-state index contributed by atoms with van der Waals surface area (Å²) in [5.74, 6) is 0.289. The third kappa shape index (κ3) is 4.23. The van der Waals surface area contributed by atoms with Crippen LogP contribution in [0.3, 0.4) is 0 Å². The van der Waals surface area contributed by atoms with E-state index in [4.69, 9.17) is 9.84 Å². The van der Waals surface area contributed by atoms with Crippen LogP contribution in [0.15, 0.2) is 11.8 Å². The summed E-state index contributed by atoms with van der Waals surface area (Å²) in [4.78, 5) is 11.7. The number of hydrogen-bond donors (Lipinski definition) is 2. The van der Waals surface area contributed by atoms with E-state index in [9.17, 15) is 4.79 Å². The van der Waals surface area contributed by atoms with E-state index in [1.54, 1.807) is 0 Å². The molecule has 0 saturated carbocycles. The molecule has 0 aromatic rings. The van der Waals surface area contributed by atoms with E-state index < -0.39 is 0 Å². The number of carbonyl (C=O) groups is 1. The van der Waals surface area contributed by atoms with Crippen molar-refractivity contribution in [3.63, 3.8) is 0 Å². The van der Waals surface area contributed by atoms with Gasteiger partial charge in [0.05, 0.1) is 6.61 Å². The standard InChI is InChI=1S/C12H21NO3/c1-12(2,6-7-14)9-13-11(15)10-5-3-4-8-16-10/h5,14H,3-4,6-9H2,1-2H3,(H,13,15). The van der Waals surface area contributed by atoms with Crippen LogP contribution in [0.4, 0.5) is 0 Å². The minimum atomic E-state index is -0.147. The molecule has 0 unspecified atom stereocenters. The Hall–Kier alpha value is -1.03. The molecule has 0 aromatic heterocycles. The van der Waals surface area contributed by atoms with Crippen LogP contribution in [0.25, 0.3) is 0 Å². The molecule has 0 aromatic carbocycles. The lowest BCUT2D eigenvalue weighted by Gasteiger charge is -2.24. The summed E-state index contributed by atoms with van der Waals surface area (Å²) < 4.78 is 5.26. The maximum atomic E-state index is 11.7. The predicted molar refractivity (Wildman–Crippen MR) is 61.8 cm³/mol. The van der Waals surface area contributed by atoms with E-state index in [-0.39, 0.29) is 17.9 Å². The minimum Gasteiger partial charge on any atom is -0.488 e. The number of allylic oxidation sites excluding steroid dienone is 1. The Balaban J connectivity index is 2.37. The second-order valence-corrected chi connectivity index (χ2v) is 4.88. The summed E-state index contributed by atoms with van der Waals surface area (Å²) >= 11 is 0. The molecule has 1 heterocycles. The molecule has 4 nitrogen and oxygen atoms in total. The van der Waals surface area contributed by atoms with Crippen molar-refractivity contribution in [3.05, 3.63) is 11.8 Å². The van der Waals surface area contributed by atoms with Crippen LogP contribution in [0.5, 0.6) is 0 Å². The van der Waals surface area contributed by atoms with Crippen molar-refractivity contribution in [2.24, 2.45) is 5.41 Å². The summed E-state index contributed by atoms with van der Waals surface area (Å²) in [6.07, 6.45) is 4.39. The average molecular weight is 227 g/mol. The highest BCUT2D eigenvalue weighted by molar-refractivity contribution is 5.91. The third-order valence-corrected chi connectivity index (χ3v) is 2.68. The summed E-state index contributed by atoms with van der Waals surface area (Å²) in [6.45, 7) is 5.34. The first kappa shape index (κ1) is 13.0. The van der Waals surface area contributed by atoms with E-state index in [0.717, 1.165) is 12.8 Å². The average Bonchev–Trinajstić information content (AvgIpc) is 2.27. The van der Waals surface area contributed by atoms with Crippen LogP contribution in [0.2, 0.25) is 0 Å². The van der Waals surface area contributed by atoms with Gasteiger partial charge in [-0.25, -0.2) is 0 Å². The fraction of sp³-hybridized carbons (Fsp3) is 0.750. The van der Waals surface area contributed by atoms with Crippen LogP contribution in [-0.2, 0) is 9.53 Å². The molecular weight excluding hydrogens is 206 g/mol. The highest BCUT2D eigenvalue weighted by Gasteiger charge is 2.20. The number of carbonyl (C=O) groups excluding carboxylic acids is 1. The molecule has 1 aliphatic heterocycles. The first-order chi connectivity index (χ1) is 7.55. The van der Waals surface area contributed by atoms with Crippen molar-refractivity contribution in [2.75, 3.05) is 19.8 Å². The largest absolute Gasteiger partial charge is 0.488 e. The van der Waals surface area contributed by atoms with Gasteiger partial charge in [0.15, 0.2) is 5.76 Å². The number of aliphatic hydroxyl groups is 1. The lowest BCUT2D eigenvalue weighted by atomic mass is 9.90. The van der Waals surface area contributed by atoms with Crippen molar-refractivity contribution >= 4 is 5.91 Å². The zero-order chi connectivity index (χ0) is 12.0. The Morgan fingerprint density at radius 2 is 2.38 bits per heavy atom. The first-order valence-electron chi connectivity index (χ1n) is 5.77. The van der Waals surface area contributed by atoms with Crippen LogP contribution in [-0.4, -0.2) is 30.8 Å². The van der Waals surface area contributed by atoms with Gasteiger partial charge in [0.1, 0.15) is 0 Å². The number of hydrogen-bond acceptors (Lipinski definition) is 3. The lowest BCUT2D eigenvalue weighted by Crippen LogP contribution is -2.36. The Bertz CT molecular complexity index is 271. The number of aliphatic hydroxyl groups excluding tert-OH is 1. The minimum absolute atomic E-state index is 0.0837. The summed E-state index contributed by atoms with van der Waals surface area (Å²) in [5.41, 5.74) is -0.0837. The fourth-order valence-electron chi connectivity index (χ4n) is 1.51. The summed E-state index contributed by atoms with van der Waals surface area (Å²) in [5, 5.41) is 11.7. The number of ether oxygens (including phenoxy) is 1. The molecule has 1 amide bonds. The van der Waals surface area contributed by atoms with Gasteiger partial charge in [0.25, 0.3) is 5.91 Å². The zero-order valence-corrected chi connectivity index (χ0v) is 10.1. The van der Waals surface area contributed by atoms with Gasteiger partial charge in [-0.05, 0) is 30.8 Å². The number of amides is 1. The van der Waals surface area contributed by atoms with E-state index in [0.29, 0.717) is 25.3 Å². The molecular formula is C12H21NO3. The monoisotopic (exact) mass is 227 g/mol. The van der Waals surface area contributed by atoms with Crippen molar-refractivity contribution in [1.29, 1.82) is 0 Å². The molecule has 0 radical (unpaired) electrons. The zero-order valence-electron chi connectivity index (χ0n) is 10.1. The molecule has 1 aliphatic rings. The molecule has 4 heteroatoms. The molecule has 2 N–H and O–H groups in total. The second kappa shape index (κ2) is 5.89. The Morgan fingerprint density at radius 3 is 2.94 bits per heavy atom. The molecule has 0 saturated heterocycles. The molecule has 0 bridgehead atoms. The molecule has 1 rings (SSSR count). The topological polar surface area (TPSA) is 58.6 Å². The number of nitrogens with one attached hydrogen (secondary N) is 1. The maximum Gasteiger partial charge on any atom is 0.286 e. The van der Waals surface area contributed by atoms with Gasteiger partial charge < -0.3 is 15.2 Å². The van der Waals surface area contributed by atoms with Gasteiger partial charge >= 0.3 is 0 Å². The summed E-state index contributed by atoms with van der Waals surface area (Å²) in [6, 6.07) is 0. The number of rotatable bonds is 5. The molecule has 0 fully saturated rings. The van der Waals surface area contributed by atoms with Gasteiger partial charge in [0.2, 0.25) is 0 Å². The lowest BCUT2D eigenvalue weighted by molar-refractivity contribution is -0.121. The van der Waals surface area contributed by atoms with Crippen LogP contribution < -0.4 is 5.32 Å². The quantitative estimate of drug-likeness (QED) is 0.742. The summed E-state index contributed by atoms with van der Waals surface area (Å²) in [7, 11) is 0. The van der Waals surface area contributed by atoms with E-state index in [1.165, 1.54) is 0 Å². The van der Waals surface area contributed by atoms with Gasteiger partial charge in [0, 0.05) is 13.2 Å². The third-order valence-electron chi connectivity index (χ3n) is 2.68. The maximum absolute atomic E-state index is 11.7. The van der Waals surface area contributed by atoms with Gasteiger partial charge in [-0.15, -0.1) is 0 Å².